The van der Waals surface area contributed by atoms with Gasteiger partial charge in [-0.3, -0.25) is 4.79 Å². The van der Waals surface area contributed by atoms with Gasteiger partial charge >= 0.3 is 0 Å². The molecule has 0 radical (unpaired) electrons. The van der Waals surface area contributed by atoms with Crippen LogP contribution >= 0.6 is 0 Å². The number of anilines is 4. The molecule has 1 aromatic heterocycles. The van der Waals surface area contributed by atoms with E-state index in [1.165, 1.54) is 6.08 Å². The summed E-state index contributed by atoms with van der Waals surface area (Å²) in [7, 11) is 3.77. The van der Waals surface area contributed by atoms with Crippen molar-refractivity contribution < 1.29 is 14.3 Å². The molecule has 0 saturated heterocycles. The van der Waals surface area contributed by atoms with Crippen LogP contribution in [0.5, 0.6) is 17.2 Å². The van der Waals surface area contributed by atoms with E-state index in [2.05, 4.69) is 15.6 Å². The first-order valence-corrected chi connectivity index (χ1v) is 11.7. The van der Waals surface area contributed by atoms with Gasteiger partial charge in [0.25, 0.3) is 0 Å². The van der Waals surface area contributed by atoms with Crippen LogP contribution in [0.25, 0.3) is 10.9 Å². The number of benzene rings is 3. The molecule has 184 valence electrons. The monoisotopic (exact) mass is 483 g/mol. The molecule has 0 atom stereocenters. The van der Waals surface area contributed by atoms with E-state index in [1.54, 1.807) is 13.0 Å². The maximum absolute atomic E-state index is 12.3. The van der Waals surface area contributed by atoms with Gasteiger partial charge in [-0.1, -0.05) is 24.3 Å². The van der Waals surface area contributed by atoms with Gasteiger partial charge in [0, 0.05) is 31.2 Å². The second kappa shape index (κ2) is 11.2. The Labute approximate surface area is 210 Å². The molecule has 36 heavy (non-hydrogen) atoms. The van der Waals surface area contributed by atoms with Gasteiger partial charge in [0.05, 0.1) is 17.8 Å². The lowest BCUT2D eigenvalue weighted by Gasteiger charge is -2.17. The molecule has 8 nitrogen and oxygen atoms in total. The molecule has 8 heteroatoms. The number of ether oxygens (including phenoxy) is 2. The summed E-state index contributed by atoms with van der Waals surface area (Å²) >= 11 is 0. The van der Waals surface area contributed by atoms with Crippen LogP contribution in [0.1, 0.15) is 13.8 Å². The molecule has 3 aromatic carbocycles. The van der Waals surface area contributed by atoms with Gasteiger partial charge in [0.1, 0.15) is 23.1 Å². The van der Waals surface area contributed by atoms with Gasteiger partial charge in [0.2, 0.25) is 11.9 Å². The zero-order chi connectivity index (χ0) is 25.5. The minimum absolute atomic E-state index is 0.243. The molecule has 0 bridgehead atoms. The molecular formula is C28H29N5O3. The molecule has 4 rings (SSSR count). The Morgan fingerprint density at radius 1 is 1.00 bits per heavy atom. The highest BCUT2D eigenvalue weighted by Crippen LogP contribution is 2.35. The summed E-state index contributed by atoms with van der Waals surface area (Å²) in [6.45, 7) is 4.13. The topological polar surface area (TPSA) is 88.6 Å². The van der Waals surface area contributed by atoms with Crippen LogP contribution in [-0.4, -0.2) is 36.6 Å². The summed E-state index contributed by atoms with van der Waals surface area (Å²) in [5.74, 6) is 2.94. The first kappa shape index (κ1) is 24.5. The number of fused-ring (bicyclic) bond motifs is 1. The molecule has 1 heterocycles. The van der Waals surface area contributed by atoms with Crippen molar-refractivity contribution in [2.45, 2.75) is 13.8 Å². The van der Waals surface area contributed by atoms with Crippen molar-refractivity contribution in [1.29, 1.82) is 0 Å². The van der Waals surface area contributed by atoms with E-state index in [0.29, 0.717) is 35.3 Å². The van der Waals surface area contributed by atoms with Gasteiger partial charge < -0.3 is 25.0 Å². The second-order valence-electron chi connectivity index (χ2n) is 8.12. The Hall–Kier alpha value is -4.59. The summed E-state index contributed by atoms with van der Waals surface area (Å²) < 4.78 is 11.7. The highest BCUT2D eigenvalue weighted by molar-refractivity contribution is 6.03. The molecule has 0 aliphatic heterocycles. The molecule has 0 saturated carbocycles. The third-order valence-electron chi connectivity index (χ3n) is 5.16. The number of hydrogen-bond acceptors (Lipinski definition) is 7. The number of nitrogens with one attached hydrogen (secondary N) is 2. The minimum atomic E-state index is -0.243. The predicted molar refractivity (Wildman–Crippen MR) is 145 cm³/mol. The van der Waals surface area contributed by atoms with Crippen molar-refractivity contribution >= 4 is 40.0 Å². The standard InChI is InChI=1S/C28H29N5O3/c1-5-10-26(34)30-24-17-22-23(18-25(24)35-6-2)31-28(33(3)4)32-27(22)29-19-13-15-21(16-14-19)36-20-11-8-7-9-12-20/h5,7-18H,6H2,1-4H3,(H,30,34)(H,29,31,32)/b10-5+. The van der Waals surface area contributed by atoms with Gasteiger partial charge in [-0.2, -0.15) is 4.98 Å². The number of hydrogen-bond donors (Lipinski definition) is 2. The number of amides is 1. The summed E-state index contributed by atoms with van der Waals surface area (Å²) in [5, 5.41) is 7.02. The fraction of sp³-hybridized carbons (Fsp3) is 0.179. The number of rotatable bonds is 9. The average Bonchev–Trinajstić information content (AvgIpc) is 2.86. The molecule has 0 aliphatic rings. The number of para-hydroxylation sites is 1. The maximum atomic E-state index is 12.3. The van der Waals surface area contributed by atoms with E-state index in [0.717, 1.165) is 22.6 Å². The van der Waals surface area contributed by atoms with Crippen LogP contribution < -0.4 is 25.0 Å². The van der Waals surface area contributed by atoms with Crippen molar-refractivity contribution in [2.75, 3.05) is 36.2 Å². The zero-order valence-corrected chi connectivity index (χ0v) is 20.8. The largest absolute Gasteiger partial charge is 0.492 e. The number of aromatic nitrogens is 2. The van der Waals surface area contributed by atoms with Crippen molar-refractivity contribution in [1.82, 2.24) is 9.97 Å². The first-order chi connectivity index (χ1) is 17.5. The van der Waals surface area contributed by atoms with E-state index >= 15 is 0 Å². The SMILES string of the molecule is C/C=C/C(=O)Nc1cc2c(Nc3ccc(Oc4ccccc4)cc3)nc(N(C)C)nc2cc1OCC. The molecule has 0 unspecified atom stereocenters. The lowest BCUT2D eigenvalue weighted by atomic mass is 10.1. The summed E-state index contributed by atoms with van der Waals surface area (Å²) in [5.41, 5.74) is 2.06. The molecule has 0 spiro atoms. The summed E-state index contributed by atoms with van der Waals surface area (Å²) in [6.07, 6.45) is 3.14. The number of allylic oxidation sites excluding steroid dienone is 1. The molecule has 0 aliphatic carbocycles. The second-order valence-corrected chi connectivity index (χ2v) is 8.12. The average molecular weight is 484 g/mol. The maximum Gasteiger partial charge on any atom is 0.248 e. The fourth-order valence-electron chi connectivity index (χ4n) is 3.51. The van der Waals surface area contributed by atoms with Crippen molar-refractivity contribution in [3.63, 3.8) is 0 Å². The normalized spacial score (nSPS) is 10.9. The van der Waals surface area contributed by atoms with Crippen molar-refractivity contribution in [3.8, 4) is 17.2 Å². The van der Waals surface area contributed by atoms with Crippen LogP contribution in [0, 0.1) is 0 Å². The summed E-state index contributed by atoms with van der Waals surface area (Å²) in [4.78, 5) is 23.5. The quantitative estimate of drug-likeness (QED) is 0.276. The van der Waals surface area contributed by atoms with Crippen LogP contribution in [0.15, 0.2) is 78.9 Å². The Morgan fingerprint density at radius 2 is 1.72 bits per heavy atom. The third-order valence-corrected chi connectivity index (χ3v) is 5.16. The van der Waals surface area contributed by atoms with Crippen LogP contribution in [0.4, 0.5) is 23.1 Å². The van der Waals surface area contributed by atoms with Crippen LogP contribution in [-0.2, 0) is 4.79 Å². The smallest absolute Gasteiger partial charge is 0.248 e. The first-order valence-electron chi connectivity index (χ1n) is 11.7. The lowest BCUT2D eigenvalue weighted by Crippen LogP contribution is -2.14. The predicted octanol–water partition coefficient (Wildman–Crippen LogP) is 6.15. The number of nitrogens with zero attached hydrogens (tertiary/aromatic N) is 3. The van der Waals surface area contributed by atoms with Crippen molar-refractivity contribution in [3.05, 3.63) is 78.9 Å². The molecule has 1 amide bonds. The van der Waals surface area contributed by atoms with E-state index in [4.69, 9.17) is 14.5 Å². The van der Waals surface area contributed by atoms with Gasteiger partial charge in [-0.05, 0) is 62.4 Å². The van der Waals surface area contributed by atoms with Gasteiger partial charge in [0.15, 0.2) is 0 Å². The van der Waals surface area contributed by atoms with Gasteiger partial charge in [-0.25, -0.2) is 4.98 Å². The zero-order valence-electron chi connectivity index (χ0n) is 20.8. The highest BCUT2D eigenvalue weighted by atomic mass is 16.5. The van der Waals surface area contributed by atoms with Crippen LogP contribution in [0.3, 0.4) is 0 Å². The van der Waals surface area contributed by atoms with E-state index in [-0.39, 0.29) is 5.91 Å². The highest BCUT2D eigenvalue weighted by Gasteiger charge is 2.15. The molecule has 0 fully saturated rings. The molecular weight excluding hydrogens is 454 g/mol. The Morgan fingerprint density at radius 3 is 2.39 bits per heavy atom. The number of carbonyl (C=O) groups excluding carboxylic acids is 1. The van der Waals surface area contributed by atoms with Crippen molar-refractivity contribution in [2.24, 2.45) is 0 Å². The minimum Gasteiger partial charge on any atom is -0.492 e. The fourth-order valence-corrected chi connectivity index (χ4v) is 3.51. The van der Waals surface area contributed by atoms with E-state index in [9.17, 15) is 4.79 Å². The third kappa shape index (κ3) is 5.90. The van der Waals surface area contributed by atoms with E-state index in [1.807, 2.05) is 92.6 Å². The van der Waals surface area contributed by atoms with Gasteiger partial charge in [-0.15, -0.1) is 0 Å². The Kier molecular flexibility index (Phi) is 7.65. The summed E-state index contributed by atoms with van der Waals surface area (Å²) in [6, 6.07) is 20.9. The molecule has 2 N–H and O–H groups in total. The van der Waals surface area contributed by atoms with Crippen LogP contribution in [0.2, 0.25) is 0 Å². The van der Waals surface area contributed by atoms with E-state index < -0.39 is 0 Å². The molecule has 4 aromatic rings. The number of carbonyl (C=O) groups is 1. The Balaban J connectivity index is 1.71. The lowest BCUT2D eigenvalue weighted by molar-refractivity contribution is -0.111. The Bertz CT molecular complexity index is 1370.